The van der Waals surface area contributed by atoms with Crippen LogP contribution >= 0.6 is 0 Å². The molecule has 0 radical (unpaired) electrons. The molecule has 2 unspecified atom stereocenters. The van der Waals surface area contributed by atoms with E-state index in [1.54, 1.807) is 12.1 Å². The van der Waals surface area contributed by atoms with Crippen LogP contribution in [0.1, 0.15) is 16.8 Å². The topological polar surface area (TPSA) is 229 Å². The number of amides is 1. The van der Waals surface area contributed by atoms with Gasteiger partial charge in [0.05, 0.1) is 6.04 Å². The van der Waals surface area contributed by atoms with E-state index in [-0.39, 0.29) is 29.5 Å². The summed E-state index contributed by atoms with van der Waals surface area (Å²) in [5, 5.41) is 29.7. The number of nitrogens with zero attached hydrogens (tertiary/aromatic N) is 1. The van der Waals surface area contributed by atoms with E-state index in [1.165, 1.54) is 12.1 Å². The van der Waals surface area contributed by atoms with Gasteiger partial charge in [0.2, 0.25) is 5.95 Å². The molecule has 3 atom stereocenters. The lowest BCUT2D eigenvalue weighted by Crippen LogP contribution is -2.43. The second kappa shape index (κ2) is 10.3. The average Bonchev–Trinajstić information content (AvgIpc) is 2.80. The SMILES string of the molecule is Nc1nc2c(c(=O)[nH]1)N[C@@H](CNc1ccc(C(=O)NC(CC(C=O)C(=O)O)C(=O)O)cc1)CN2. The highest BCUT2D eigenvalue weighted by Gasteiger charge is 2.28. The fourth-order valence-corrected chi connectivity index (χ4v) is 3.26. The fourth-order valence-electron chi connectivity index (χ4n) is 3.26. The number of carbonyl (C=O) groups is 4. The Bertz CT molecular complexity index is 1150. The molecule has 1 aromatic carbocycles. The number of nitrogens with one attached hydrogen (secondary N) is 5. The molecule has 0 saturated heterocycles. The Labute approximate surface area is 192 Å². The molecule has 0 saturated carbocycles. The Morgan fingerprint density at radius 1 is 1.21 bits per heavy atom. The number of nitrogens with two attached hydrogens (primary N) is 1. The third-order valence-electron chi connectivity index (χ3n) is 5.08. The number of nitrogen functional groups attached to an aromatic ring is 1. The summed E-state index contributed by atoms with van der Waals surface area (Å²) < 4.78 is 0. The molecule has 1 aliphatic rings. The van der Waals surface area contributed by atoms with Gasteiger partial charge in [-0.2, -0.15) is 4.98 Å². The Morgan fingerprint density at radius 2 is 1.91 bits per heavy atom. The van der Waals surface area contributed by atoms with Crippen LogP contribution in [0.2, 0.25) is 0 Å². The number of fused-ring (bicyclic) bond motifs is 1. The molecule has 0 bridgehead atoms. The molecule has 2 aromatic rings. The number of aromatic amines is 1. The van der Waals surface area contributed by atoms with Crippen molar-refractivity contribution < 1.29 is 29.4 Å². The molecule has 1 aromatic heterocycles. The molecular weight excluding hydrogens is 450 g/mol. The van der Waals surface area contributed by atoms with E-state index >= 15 is 0 Å². The summed E-state index contributed by atoms with van der Waals surface area (Å²) in [6.45, 7) is 0.899. The normalized spacial score (nSPS) is 16.1. The zero-order valence-electron chi connectivity index (χ0n) is 17.7. The van der Waals surface area contributed by atoms with Crippen LogP contribution in [-0.4, -0.2) is 69.5 Å². The van der Waals surface area contributed by atoms with E-state index in [4.69, 9.17) is 10.8 Å². The third-order valence-corrected chi connectivity index (χ3v) is 5.08. The zero-order chi connectivity index (χ0) is 24.8. The number of hydrogen-bond acceptors (Lipinski definition) is 10. The van der Waals surface area contributed by atoms with E-state index in [2.05, 4.69) is 31.2 Å². The molecule has 0 spiro atoms. The van der Waals surface area contributed by atoms with E-state index < -0.39 is 41.8 Å². The quantitative estimate of drug-likeness (QED) is 0.156. The van der Waals surface area contributed by atoms with Crippen molar-refractivity contribution in [1.82, 2.24) is 15.3 Å². The summed E-state index contributed by atoms with van der Waals surface area (Å²) in [6.07, 6.45) is -0.446. The predicted octanol–water partition coefficient (Wildman–Crippen LogP) is -0.857. The van der Waals surface area contributed by atoms with Gasteiger partial charge in [-0.3, -0.25) is 19.4 Å². The summed E-state index contributed by atoms with van der Waals surface area (Å²) in [5.41, 5.74) is 6.23. The van der Waals surface area contributed by atoms with Gasteiger partial charge in [-0.1, -0.05) is 0 Å². The van der Waals surface area contributed by atoms with Crippen LogP contribution in [0, 0.1) is 5.92 Å². The van der Waals surface area contributed by atoms with Gasteiger partial charge >= 0.3 is 11.9 Å². The van der Waals surface area contributed by atoms with Gasteiger partial charge in [-0.25, -0.2) is 4.79 Å². The monoisotopic (exact) mass is 473 g/mol. The first-order valence-corrected chi connectivity index (χ1v) is 10.1. The molecule has 1 amide bonds. The lowest BCUT2D eigenvalue weighted by atomic mass is 10.0. The largest absolute Gasteiger partial charge is 0.481 e. The first-order valence-electron chi connectivity index (χ1n) is 10.1. The Kier molecular flexibility index (Phi) is 7.30. The molecule has 14 nitrogen and oxygen atoms in total. The molecule has 3 rings (SSSR count). The fraction of sp³-hybridized carbons (Fsp3) is 0.300. The molecule has 0 aliphatic carbocycles. The highest BCUT2D eigenvalue weighted by Crippen LogP contribution is 2.20. The molecular formula is C20H23N7O7. The number of rotatable bonds is 10. The number of aldehydes is 1. The maximum Gasteiger partial charge on any atom is 0.326 e. The number of aromatic nitrogens is 2. The summed E-state index contributed by atoms with van der Waals surface area (Å²) in [6, 6.07) is 4.44. The maximum atomic E-state index is 12.4. The molecule has 1 aliphatic heterocycles. The summed E-state index contributed by atoms with van der Waals surface area (Å²) in [4.78, 5) is 64.0. The van der Waals surface area contributed by atoms with Crippen LogP contribution in [-0.2, 0) is 14.4 Å². The average molecular weight is 473 g/mol. The number of carboxylic acid groups (broad SMARTS) is 2. The number of H-pyrrole nitrogens is 1. The van der Waals surface area contributed by atoms with Crippen molar-refractivity contribution >= 4 is 47.3 Å². The highest BCUT2D eigenvalue weighted by molar-refractivity contribution is 5.97. The summed E-state index contributed by atoms with van der Waals surface area (Å²) in [7, 11) is 0. The smallest absolute Gasteiger partial charge is 0.326 e. The van der Waals surface area contributed by atoms with Crippen molar-refractivity contribution in [2.24, 2.45) is 5.92 Å². The van der Waals surface area contributed by atoms with Crippen LogP contribution in [0.15, 0.2) is 29.1 Å². The minimum Gasteiger partial charge on any atom is -0.481 e. The van der Waals surface area contributed by atoms with Crippen molar-refractivity contribution in [1.29, 1.82) is 0 Å². The molecule has 9 N–H and O–H groups in total. The van der Waals surface area contributed by atoms with Crippen LogP contribution in [0.25, 0.3) is 0 Å². The van der Waals surface area contributed by atoms with Crippen LogP contribution < -0.4 is 32.6 Å². The van der Waals surface area contributed by atoms with E-state index in [0.717, 1.165) is 0 Å². The van der Waals surface area contributed by atoms with E-state index in [9.17, 15) is 29.1 Å². The first kappa shape index (κ1) is 24.0. The molecule has 34 heavy (non-hydrogen) atoms. The van der Waals surface area contributed by atoms with Gasteiger partial charge < -0.3 is 42.0 Å². The third kappa shape index (κ3) is 5.79. The van der Waals surface area contributed by atoms with Crippen molar-refractivity contribution in [2.45, 2.75) is 18.5 Å². The number of carboxylic acids is 2. The second-order valence-electron chi connectivity index (χ2n) is 7.54. The number of carbonyl (C=O) groups excluding carboxylic acids is 2. The number of benzene rings is 1. The standard InChI is InChI=1S/C20H23N7O7/c21-20-26-15-14(17(30)27-20)24-12(7-23-15)6-22-11-3-1-9(2-4-11)16(29)25-13(19(33)34)5-10(8-28)18(31)32/h1-4,8,10,12-13,22,24H,5-7H2,(H,25,29)(H,31,32)(H,33,34)(H4,21,23,26,27,30)/t10?,12-,13?/m0/s1. The molecule has 0 fully saturated rings. The minimum atomic E-state index is -1.55. The number of anilines is 4. The predicted molar refractivity (Wildman–Crippen MR) is 121 cm³/mol. The minimum absolute atomic E-state index is 0.0128. The van der Waals surface area contributed by atoms with Gasteiger partial charge in [-0.15, -0.1) is 0 Å². The summed E-state index contributed by atoms with van der Waals surface area (Å²) in [5.74, 6) is -4.82. The highest BCUT2D eigenvalue weighted by atomic mass is 16.4. The van der Waals surface area contributed by atoms with E-state index in [1.807, 2.05) is 0 Å². The molecule has 180 valence electrons. The number of aliphatic carboxylic acids is 2. The lowest BCUT2D eigenvalue weighted by molar-refractivity contribution is -0.145. The van der Waals surface area contributed by atoms with Crippen LogP contribution in [0.5, 0.6) is 0 Å². The Balaban J connectivity index is 1.56. The summed E-state index contributed by atoms with van der Waals surface area (Å²) >= 11 is 0. The second-order valence-corrected chi connectivity index (χ2v) is 7.54. The Hall–Kier alpha value is -4.62. The van der Waals surface area contributed by atoms with Crippen LogP contribution in [0.4, 0.5) is 23.1 Å². The number of hydrogen-bond donors (Lipinski definition) is 8. The van der Waals surface area contributed by atoms with E-state index in [0.29, 0.717) is 24.6 Å². The maximum absolute atomic E-state index is 12.4. The van der Waals surface area contributed by atoms with Gasteiger partial charge in [0.1, 0.15) is 23.9 Å². The van der Waals surface area contributed by atoms with Gasteiger partial charge in [0.15, 0.2) is 5.82 Å². The lowest BCUT2D eigenvalue weighted by Gasteiger charge is -2.27. The Morgan fingerprint density at radius 3 is 2.53 bits per heavy atom. The van der Waals surface area contributed by atoms with Gasteiger partial charge in [0.25, 0.3) is 11.5 Å². The van der Waals surface area contributed by atoms with Crippen molar-refractivity contribution in [2.75, 3.05) is 34.8 Å². The molecule has 2 heterocycles. The van der Waals surface area contributed by atoms with Gasteiger partial charge in [0, 0.05) is 24.3 Å². The first-order chi connectivity index (χ1) is 16.2. The van der Waals surface area contributed by atoms with Crippen LogP contribution in [0.3, 0.4) is 0 Å². The van der Waals surface area contributed by atoms with Crippen molar-refractivity contribution in [3.63, 3.8) is 0 Å². The molecule has 14 heteroatoms. The van der Waals surface area contributed by atoms with Crippen molar-refractivity contribution in [3.8, 4) is 0 Å². The zero-order valence-corrected chi connectivity index (χ0v) is 17.7. The van der Waals surface area contributed by atoms with Gasteiger partial charge in [-0.05, 0) is 30.7 Å². The van der Waals surface area contributed by atoms with Crippen molar-refractivity contribution in [3.05, 3.63) is 40.2 Å².